The molecule has 5 heteroatoms. The minimum absolute atomic E-state index is 0.0771. The number of aromatic hydroxyl groups is 1. The highest BCUT2D eigenvalue weighted by Gasteiger charge is 2.22. The molecule has 0 bridgehead atoms. The quantitative estimate of drug-likeness (QED) is 0.558. The molecule has 0 aliphatic carbocycles. The van der Waals surface area contributed by atoms with Gasteiger partial charge in [-0.15, -0.1) is 0 Å². The SMILES string of the molecule is [2H]C(O)(c1cccc(OC)c1O)C(O)CO. The molecule has 1 aromatic carbocycles. The first kappa shape index (κ1) is 10.2. The number of benzene rings is 1. The number of phenols is 1. The number of aliphatic hydroxyl groups excluding tert-OH is 2. The second-order valence-electron chi connectivity index (χ2n) is 2.94. The van der Waals surface area contributed by atoms with Crippen LogP contribution in [0.3, 0.4) is 0 Å². The highest BCUT2D eigenvalue weighted by atomic mass is 16.5. The van der Waals surface area contributed by atoms with Gasteiger partial charge in [0, 0.05) is 5.56 Å². The lowest BCUT2D eigenvalue weighted by molar-refractivity contribution is -0.0163. The van der Waals surface area contributed by atoms with Crippen molar-refractivity contribution in [2.24, 2.45) is 0 Å². The molecule has 15 heavy (non-hydrogen) atoms. The molecular weight excluding hydrogens is 200 g/mol. The molecule has 1 rings (SSSR count). The lowest BCUT2D eigenvalue weighted by Crippen LogP contribution is -2.22. The van der Waals surface area contributed by atoms with E-state index < -0.39 is 24.5 Å². The average molecular weight is 215 g/mol. The van der Waals surface area contributed by atoms with Gasteiger partial charge in [0.15, 0.2) is 11.5 Å². The second kappa shape index (κ2) is 4.97. The molecule has 0 aliphatic heterocycles. The predicted octanol–water partition coefficient (Wildman–Crippen LogP) is -0.213. The molecular formula is C10H14O5. The van der Waals surface area contributed by atoms with Gasteiger partial charge in [0.2, 0.25) is 0 Å². The summed E-state index contributed by atoms with van der Waals surface area (Å²) in [6.45, 7) is -0.795. The molecule has 0 aromatic heterocycles. The smallest absolute Gasteiger partial charge is 0.163 e. The van der Waals surface area contributed by atoms with Crippen LogP contribution in [0.5, 0.6) is 11.5 Å². The van der Waals surface area contributed by atoms with Gasteiger partial charge in [0.1, 0.15) is 12.2 Å². The topological polar surface area (TPSA) is 90.2 Å². The summed E-state index contributed by atoms with van der Waals surface area (Å²) in [5.41, 5.74) is -0.228. The molecule has 5 nitrogen and oxygen atoms in total. The van der Waals surface area contributed by atoms with Gasteiger partial charge in [0.05, 0.1) is 15.1 Å². The Balaban J connectivity index is 3.22. The van der Waals surface area contributed by atoms with Crippen LogP contribution >= 0.6 is 0 Å². The zero-order valence-electron chi connectivity index (χ0n) is 9.21. The number of hydrogen-bond acceptors (Lipinski definition) is 5. The van der Waals surface area contributed by atoms with Crippen LogP contribution in [0.1, 0.15) is 13.0 Å². The summed E-state index contributed by atoms with van der Waals surface area (Å²) in [6, 6.07) is 4.17. The Kier molecular flexibility index (Phi) is 3.39. The average Bonchev–Trinajstić information content (AvgIpc) is 2.27. The van der Waals surface area contributed by atoms with Crippen molar-refractivity contribution in [1.82, 2.24) is 0 Å². The van der Waals surface area contributed by atoms with Crippen LogP contribution in [0.15, 0.2) is 18.2 Å². The van der Waals surface area contributed by atoms with E-state index in [2.05, 4.69) is 0 Å². The molecule has 0 radical (unpaired) electrons. The third-order valence-corrected chi connectivity index (χ3v) is 1.98. The Morgan fingerprint density at radius 1 is 1.47 bits per heavy atom. The summed E-state index contributed by atoms with van der Waals surface area (Å²) in [4.78, 5) is 0. The van der Waals surface area contributed by atoms with E-state index in [9.17, 15) is 15.3 Å². The number of rotatable bonds is 4. The van der Waals surface area contributed by atoms with E-state index in [0.29, 0.717) is 0 Å². The molecule has 0 fully saturated rings. The lowest BCUT2D eigenvalue weighted by atomic mass is 10.0. The van der Waals surface area contributed by atoms with Gasteiger partial charge >= 0.3 is 0 Å². The van der Waals surface area contributed by atoms with Crippen LogP contribution in [-0.4, -0.2) is 40.2 Å². The Hall–Kier alpha value is -1.30. The standard InChI is InChI=1S/C10H14O5/c1-15-8-4-2-3-6(10(8)14)9(13)7(12)5-11/h2-4,7,9,11-14H,5H2,1H3/i9D. The zero-order valence-corrected chi connectivity index (χ0v) is 8.21. The minimum atomic E-state index is -2.49. The number of methoxy groups -OCH3 is 1. The summed E-state index contributed by atoms with van der Waals surface area (Å²) in [5.74, 6) is -0.358. The van der Waals surface area contributed by atoms with Crippen molar-refractivity contribution in [2.75, 3.05) is 13.7 Å². The maximum atomic E-state index is 9.70. The molecule has 84 valence electrons. The first-order valence-electron chi connectivity index (χ1n) is 4.82. The van der Waals surface area contributed by atoms with E-state index in [1.54, 1.807) is 0 Å². The van der Waals surface area contributed by atoms with Gasteiger partial charge in [0.25, 0.3) is 0 Å². The van der Waals surface area contributed by atoms with Crippen LogP contribution in [0.2, 0.25) is 0 Å². The maximum Gasteiger partial charge on any atom is 0.163 e. The van der Waals surface area contributed by atoms with Gasteiger partial charge in [-0.05, 0) is 6.07 Å². The van der Waals surface area contributed by atoms with Crippen LogP contribution in [0.25, 0.3) is 0 Å². The van der Waals surface area contributed by atoms with Gasteiger partial charge in [-0.3, -0.25) is 0 Å². The van der Waals surface area contributed by atoms with Gasteiger partial charge in [-0.1, -0.05) is 12.1 Å². The van der Waals surface area contributed by atoms with Crippen molar-refractivity contribution in [3.05, 3.63) is 23.8 Å². The fourth-order valence-electron chi connectivity index (χ4n) is 1.16. The summed E-state index contributed by atoms with van der Waals surface area (Å²) in [7, 11) is 1.32. The summed E-state index contributed by atoms with van der Waals surface area (Å²) < 4.78 is 12.3. The van der Waals surface area contributed by atoms with Crippen LogP contribution in [-0.2, 0) is 0 Å². The molecule has 0 saturated heterocycles. The molecule has 1 aromatic rings. The van der Waals surface area contributed by atoms with Gasteiger partial charge in [-0.2, -0.15) is 0 Å². The number of ether oxygens (including phenoxy) is 1. The van der Waals surface area contributed by atoms with Gasteiger partial charge in [-0.25, -0.2) is 0 Å². The third kappa shape index (κ3) is 2.38. The molecule has 2 unspecified atom stereocenters. The number of hydrogen-bond donors (Lipinski definition) is 4. The second-order valence-corrected chi connectivity index (χ2v) is 2.94. The van der Waals surface area contributed by atoms with Gasteiger partial charge < -0.3 is 25.2 Å². The molecule has 0 saturated carbocycles. The fraction of sp³-hybridized carbons (Fsp3) is 0.400. The molecule has 2 atom stereocenters. The van der Waals surface area contributed by atoms with Crippen molar-refractivity contribution in [2.45, 2.75) is 12.2 Å². The van der Waals surface area contributed by atoms with Crippen molar-refractivity contribution < 1.29 is 26.5 Å². The van der Waals surface area contributed by atoms with Crippen molar-refractivity contribution in [3.63, 3.8) is 0 Å². The molecule has 0 aliphatic rings. The molecule has 0 amide bonds. The minimum Gasteiger partial charge on any atom is -0.504 e. The van der Waals surface area contributed by atoms with Crippen LogP contribution in [0.4, 0.5) is 0 Å². The van der Waals surface area contributed by atoms with E-state index in [-0.39, 0.29) is 11.3 Å². The summed E-state index contributed by atoms with van der Waals surface area (Å²) in [6.07, 6.45) is -4.21. The molecule has 4 N–H and O–H groups in total. The Labute approximate surface area is 88.6 Å². The Bertz CT molecular complexity index is 366. The summed E-state index contributed by atoms with van der Waals surface area (Å²) in [5, 5.41) is 37.4. The van der Waals surface area contributed by atoms with E-state index >= 15 is 0 Å². The maximum absolute atomic E-state index is 9.70. The van der Waals surface area contributed by atoms with E-state index in [1.807, 2.05) is 0 Å². The monoisotopic (exact) mass is 215 g/mol. The van der Waals surface area contributed by atoms with Crippen LogP contribution < -0.4 is 4.74 Å². The number of para-hydroxylation sites is 1. The third-order valence-electron chi connectivity index (χ3n) is 1.98. The number of aliphatic hydroxyl groups is 3. The largest absolute Gasteiger partial charge is 0.504 e. The van der Waals surface area contributed by atoms with Crippen molar-refractivity contribution in [3.8, 4) is 11.5 Å². The van der Waals surface area contributed by atoms with Crippen LogP contribution in [0, 0.1) is 0 Å². The Morgan fingerprint density at radius 2 is 2.13 bits per heavy atom. The van der Waals surface area contributed by atoms with E-state index in [4.69, 9.17) is 11.2 Å². The van der Waals surface area contributed by atoms with Crippen molar-refractivity contribution >= 4 is 0 Å². The Morgan fingerprint density at radius 3 is 2.67 bits per heavy atom. The summed E-state index contributed by atoms with van der Waals surface area (Å²) >= 11 is 0. The highest BCUT2D eigenvalue weighted by molar-refractivity contribution is 5.46. The first-order valence-corrected chi connectivity index (χ1v) is 4.32. The zero-order chi connectivity index (χ0) is 12.3. The first-order chi connectivity index (χ1) is 7.45. The number of phenolic OH excluding ortho intramolecular Hbond substituents is 1. The van der Waals surface area contributed by atoms with E-state index in [0.717, 1.165) is 0 Å². The molecule has 0 heterocycles. The normalized spacial score (nSPS) is 17.7. The lowest BCUT2D eigenvalue weighted by Gasteiger charge is -2.17. The highest BCUT2D eigenvalue weighted by Crippen LogP contribution is 2.34. The molecule has 0 spiro atoms. The predicted molar refractivity (Wildman–Crippen MR) is 52.7 cm³/mol. The van der Waals surface area contributed by atoms with E-state index in [1.165, 1.54) is 25.3 Å². The fourth-order valence-corrected chi connectivity index (χ4v) is 1.16. The van der Waals surface area contributed by atoms with Crippen molar-refractivity contribution in [1.29, 1.82) is 0 Å².